The lowest BCUT2D eigenvalue weighted by molar-refractivity contribution is 0.0819. The van der Waals surface area contributed by atoms with Crippen LogP contribution in [-0.2, 0) is 4.74 Å². The maximum atomic E-state index is 9.42. The average molecular weight is 273 g/mol. The highest BCUT2D eigenvalue weighted by Gasteiger charge is 2.06. The zero-order valence-corrected chi connectivity index (χ0v) is 11.9. The van der Waals surface area contributed by atoms with Gasteiger partial charge in [-0.3, -0.25) is 0 Å². The number of ether oxygens (including phenoxy) is 2. The molecular weight excluding hydrogens is 252 g/mol. The van der Waals surface area contributed by atoms with E-state index in [0.717, 1.165) is 12.2 Å². The minimum Gasteiger partial charge on any atom is -0.490 e. The van der Waals surface area contributed by atoms with Crippen LogP contribution >= 0.6 is 11.6 Å². The second-order valence-electron chi connectivity index (χ2n) is 4.68. The molecule has 102 valence electrons. The molecule has 0 fully saturated rings. The van der Waals surface area contributed by atoms with E-state index < -0.39 is 6.10 Å². The molecule has 0 aliphatic carbocycles. The number of hydrogen-bond acceptors (Lipinski definition) is 3. The van der Waals surface area contributed by atoms with Crippen LogP contribution in [0, 0.1) is 5.92 Å². The molecule has 1 aromatic carbocycles. The Morgan fingerprint density at radius 3 is 2.50 bits per heavy atom. The molecule has 0 saturated carbocycles. The number of rotatable bonds is 7. The van der Waals surface area contributed by atoms with Gasteiger partial charge in [0.1, 0.15) is 12.4 Å². The van der Waals surface area contributed by atoms with Gasteiger partial charge in [0.25, 0.3) is 0 Å². The van der Waals surface area contributed by atoms with E-state index in [1.807, 2.05) is 0 Å². The number of aliphatic hydroxyl groups excluding tert-OH is 1. The van der Waals surface area contributed by atoms with Crippen molar-refractivity contribution in [3.8, 4) is 5.75 Å². The molecule has 0 heterocycles. The molecular formula is C14H21ClO3. The lowest BCUT2D eigenvalue weighted by Crippen LogP contribution is -2.10. The Labute approximate surface area is 114 Å². The topological polar surface area (TPSA) is 38.7 Å². The van der Waals surface area contributed by atoms with E-state index in [4.69, 9.17) is 21.1 Å². The summed E-state index contributed by atoms with van der Waals surface area (Å²) in [6.45, 7) is 7.66. The molecule has 0 aliphatic heterocycles. The third-order valence-electron chi connectivity index (χ3n) is 2.37. The highest BCUT2D eigenvalue weighted by molar-refractivity contribution is 6.32. The van der Waals surface area contributed by atoms with Gasteiger partial charge >= 0.3 is 0 Å². The van der Waals surface area contributed by atoms with Crippen LogP contribution in [0.15, 0.2) is 18.2 Å². The van der Waals surface area contributed by atoms with Gasteiger partial charge in [-0.2, -0.15) is 0 Å². The summed E-state index contributed by atoms with van der Waals surface area (Å²) in [6.07, 6.45) is -0.522. The van der Waals surface area contributed by atoms with Gasteiger partial charge < -0.3 is 14.6 Å². The first-order valence-corrected chi connectivity index (χ1v) is 6.56. The Hall–Kier alpha value is -0.770. The minimum atomic E-state index is -0.522. The van der Waals surface area contributed by atoms with Gasteiger partial charge in [0, 0.05) is 6.61 Å². The highest BCUT2D eigenvalue weighted by Crippen LogP contribution is 2.27. The summed E-state index contributed by atoms with van der Waals surface area (Å²) in [7, 11) is 0. The number of aliphatic hydroxyl groups is 1. The average Bonchev–Trinajstić information content (AvgIpc) is 2.29. The van der Waals surface area contributed by atoms with Gasteiger partial charge in [0.2, 0.25) is 0 Å². The third-order valence-corrected chi connectivity index (χ3v) is 2.67. The van der Waals surface area contributed by atoms with E-state index in [2.05, 4.69) is 13.8 Å². The Morgan fingerprint density at radius 2 is 1.94 bits per heavy atom. The molecule has 0 radical (unpaired) electrons. The van der Waals surface area contributed by atoms with Crippen LogP contribution in [0.1, 0.15) is 32.4 Å². The zero-order chi connectivity index (χ0) is 13.5. The monoisotopic (exact) mass is 272 g/mol. The van der Waals surface area contributed by atoms with Gasteiger partial charge in [0.05, 0.1) is 17.7 Å². The SMILES string of the molecule is CC(C)COCCOc1ccc(C(C)O)cc1Cl. The maximum absolute atomic E-state index is 9.42. The molecule has 0 bridgehead atoms. The fourth-order valence-electron chi connectivity index (χ4n) is 1.42. The minimum absolute atomic E-state index is 0.473. The van der Waals surface area contributed by atoms with Crippen molar-refractivity contribution in [1.82, 2.24) is 0 Å². The Balaban J connectivity index is 2.39. The first-order valence-electron chi connectivity index (χ1n) is 6.18. The predicted octanol–water partition coefficient (Wildman–Crippen LogP) is 3.44. The van der Waals surface area contributed by atoms with Crippen molar-refractivity contribution in [2.75, 3.05) is 19.8 Å². The van der Waals surface area contributed by atoms with Crippen molar-refractivity contribution in [2.24, 2.45) is 5.92 Å². The molecule has 4 heteroatoms. The first kappa shape index (κ1) is 15.3. The molecule has 18 heavy (non-hydrogen) atoms. The summed E-state index contributed by atoms with van der Waals surface area (Å²) in [5, 5.41) is 9.93. The van der Waals surface area contributed by atoms with E-state index >= 15 is 0 Å². The molecule has 0 aromatic heterocycles. The summed E-state index contributed by atoms with van der Waals surface area (Å²) in [4.78, 5) is 0. The van der Waals surface area contributed by atoms with Gasteiger partial charge in [-0.25, -0.2) is 0 Å². The summed E-state index contributed by atoms with van der Waals surface area (Å²) in [6, 6.07) is 5.30. The smallest absolute Gasteiger partial charge is 0.138 e. The van der Waals surface area contributed by atoms with E-state index in [1.54, 1.807) is 25.1 Å². The number of halogens is 1. The third kappa shape index (κ3) is 5.25. The van der Waals surface area contributed by atoms with Crippen molar-refractivity contribution < 1.29 is 14.6 Å². The molecule has 0 saturated heterocycles. The Kier molecular flexibility index (Phi) is 6.47. The quantitative estimate of drug-likeness (QED) is 0.773. The summed E-state index contributed by atoms with van der Waals surface area (Å²) in [5.41, 5.74) is 0.781. The van der Waals surface area contributed by atoms with Gasteiger partial charge in [0.15, 0.2) is 0 Å². The van der Waals surface area contributed by atoms with Crippen molar-refractivity contribution in [2.45, 2.75) is 26.9 Å². The van der Waals surface area contributed by atoms with E-state index in [9.17, 15) is 5.11 Å². The number of benzene rings is 1. The van der Waals surface area contributed by atoms with E-state index in [1.165, 1.54) is 0 Å². The lowest BCUT2D eigenvalue weighted by Gasteiger charge is -2.11. The lowest BCUT2D eigenvalue weighted by atomic mass is 10.1. The van der Waals surface area contributed by atoms with Crippen LogP contribution in [0.25, 0.3) is 0 Å². The molecule has 3 nitrogen and oxygen atoms in total. The molecule has 1 unspecified atom stereocenters. The number of hydrogen-bond donors (Lipinski definition) is 1. The molecule has 1 aromatic rings. The van der Waals surface area contributed by atoms with Crippen LogP contribution in [0.5, 0.6) is 5.75 Å². The first-order chi connectivity index (χ1) is 8.50. The largest absolute Gasteiger partial charge is 0.490 e. The van der Waals surface area contributed by atoms with Crippen LogP contribution in [0.3, 0.4) is 0 Å². The predicted molar refractivity (Wildman–Crippen MR) is 73.2 cm³/mol. The normalized spacial score (nSPS) is 12.8. The molecule has 1 atom stereocenters. The van der Waals surface area contributed by atoms with E-state index in [0.29, 0.717) is 29.9 Å². The zero-order valence-electron chi connectivity index (χ0n) is 11.1. The van der Waals surface area contributed by atoms with Crippen LogP contribution in [0.2, 0.25) is 5.02 Å². The molecule has 0 spiro atoms. The van der Waals surface area contributed by atoms with Crippen molar-refractivity contribution in [3.63, 3.8) is 0 Å². The summed E-state index contributed by atoms with van der Waals surface area (Å²) >= 11 is 6.06. The molecule has 0 aliphatic rings. The van der Waals surface area contributed by atoms with Crippen LogP contribution in [0.4, 0.5) is 0 Å². The fraction of sp³-hybridized carbons (Fsp3) is 0.571. The van der Waals surface area contributed by atoms with Crippen LogP contribution < -0.4 is 4.74 Å². The molecule has 0 amide bonds. The van der Waals surface area contributed by atoms with E-state index in [-0.39, 0.29) is 0 Å². The standard InChI is InChI=1S/C14H21ClO3/c1-10(2)9-17-6-7-18-14-5-4-12(11(3)16)8-13(14)15/h4-5,8,10-11,16H,6-7,9H2,1-3H3. The summed E-state index contributed by atoms with van der Waals surface area (Å²) < 4.78 is 10.9. The van der Waals surface area contributed by atoms with Gasteiger partial charge in [-0.15, -0.1) is 0 Å². The van der Waals surface area contributed by atoms with Gasteiger partial charge in [-0.1, -0.05) is 31.5 Å². The second kappa shape index (κ2) is 7.62. The van der Waals surface area contributed by atoms with Crippen molar-refractivity contribution in [1.29, 1.82) is 0 Å². The maximum Gasteiger partial charge on any atom is 0.138 e. The molecule has 1 N–H and O–H groups in total. The highest BCUT2D eigenvalue weighted by atomic mass is 35.5. The Bertz CT molecular complexity index is 364. The molecule has 1 rings (SSSR count). The summed E-state index contributed by atoms with van der Waals surface area (Å²) in [5.74, 6) is 1.15. The van der Waals surface area contributed by atoms with Crippen molar-refractivity contribution >= 4 is 11.6 Å². The van der Waals surface area contributed by atoms with Crippen LogP contribution in [-0.4, -0.2) is 24.9 Å². The second-order valence-corrected chi connectivity index (χ2v) is 5.09. The van der Waals surface area contributed by atoms with Crippen molar-refractivity contribution in [3.05, 3.63) is 28.8 Å². The van der Waals surface area contributed by atoms with Gasteiger partial charge in [-0.05, 0) is 30.5 Å². The fourth-order valence-corrected chi connectivity index (χ4v) is 1.67. The Morgan fingerprint density at radius 1 is 1.22 bits per heavy atom.